The maximum atomic E-state index is 14.9. The average molecular weight is 449 g/mol. The van der Waals surface area contributed by atoms with Crippen LogP contribution in [0.2, 0.25) is 0 Å². The van der Waals surface area contributed by atoms with Crippen molar-refractivity contribution >= 4 is 5.57 Å². The summed E-state index contributed by atoms with van der Waals surface area (Å²) in [6.07, 6.45) is 8.81. The molecule has 1 aliphatic rings. The third kappa shape index (κ3) is 5.05. The van der Waals surface area contributed by atoms with Gasteiger partial charge in [-0.1, -0.05) is 61.5 Å². The second kappa shape index (κ2) is 10.1. The highest BCUT2D eigenvalue weighted by Crippen LogP contribution is 2.34. The van der Waals surface area contributed by atoms with E-state index in [0.29, 0.717) is 22.6 Å². The predicted octanol–water partition coefficient (Wildman–Crippen LogP) is 8.60. The highest BCUT2D eigenvalue weighted by molar-refractivity contribution is 5.74. The summed E-state index contributed by atoms with van der Waals surface area (Å²) in [7, 11) is 0. The number of halogens is 3. The van der Waals surface area contributed by atoms with Crippen molar-refractivity contribution in [2.24, 2.45) is 5.92 Å². The summed E-state index contributed by atoms with van der Waals surface area (Å²) in [6, 6.07) is 15.0. The first-order valence-corrected chi connectivity index (χ1v) is 11.3. The SMILES string of the molecule is C/C=C/COc1ccc(-c2ccc(-c3ccc(C4=CCC(C)CC4)cc3F)cc2)c(F)c1F. The summed E-state index contributed by atoms with van der Waals surface area (Å²) in [5.74, 6) is -1.73. The van der Waals surface area contributed by atoms with Gasteiger partial charge in [-0.25, -0.2) is 8.78 Å². The molecular formula is C29H27F3O. The van der Waals surface area contributed by atoms with Gasteiger partial charge in [0.1, 0.15) is 12.4 Å². The Bertz CT molecular complexity index is 1190. The molecule has 0 aromatic heterocycles. The van der Waals surface area contributed by atoms with Gasteiger partial charge in [-0.3, -0.25) is 0 Å². The number of benzene rings is 3. The fourth-order valence-corrected chi connectivity index (χ4v) is 4.11. The minimum absolute atomic E-state index is 0.129. The van der Waals surface area contributed by atoms with Gasteiger partial charge >= 0.3 is 0 Å². The van der Waals surface area contributed by atoms with Crippen molar-refractivity contribution < 1.29 is 17.9 Å². The van der Waals surface area contributed by atoms with Crippen LogP contribution in [0.15, 0.2) is 72.8 Å². The van der Waals surface area contributed by atoms with E-state index in [-0.39, 0.29) is 23.7 Å². The molecule has 0 amide bonds. The summed E-state index contributed by atoms with van der Waals surface area (Å²) in [6.45, 7) is 4.22. The minimum Gasteiger partial charge on any atom is -0.486 e. The molecule has 0 fully saturated rings. The molecule has 0 bridgehead atoms. The van der Waals surface area contributed by atoms with E-state index in [4.69, 9.17) is 4.74 Å². The van der Waals surface area contributed by atoms with Crippen LogP contribution in [0.1, 0.15) is 38.7 Å². The fraction of sp³-hybridized carbons (Fsp3) is 0.241. The van der Waals surface area contributed by atoms with Gasteiger partial charge in [0.2, 0.25) is 5.82 Å². The van der Waals surface area contributed by atoms with E-state index < -0.39 is 11.6 Å². The summed E-state index contributed by atoms with van der Waals surface area (Å²) in [5, 5.41) is 0. The Kier molecular flexibility index (Phi) is 7.02. The van der Waals surface area contributed by atoms with Crippen LogP contribution in [0.3, 0.4) is 0 Å². The van der Waals surface area contributed by atoms with Crippen molar-refractivity contribution in [2.45, 2.75) is 33.1 Å². The van der Waals surface area contributed by atoms with Crippen molar-refractivity contribution in [3.8, 4) is 28.0 Å². The van der Waals surface area contributed by atoms with Gasteiger partial charge < -0.3 is 4.74 Å². The van der Waals surface area contributed by atoms with Crippen LogP contribution in [0.25, 0.3) is 27.8 Å². The molecule has 1 unspecified atom stereocenters. The molecule has 3 aromatic carbocycles. The average Bonchev–Trinajstić information content (AvgIpc) is 2.83. The monoisotopic (exact) mass is 448 g/mol. The van der Waals surface area contributed by atoms with Crippen molar-refractivity contribution in [3.05, 3.63) is 95.8 Å². The van der Waals surface area contributed by atoms with Crippen molar-refractivity contribution in [2.75, 3.05) is 6.61 Å². The second-order valence-corrected chi connectivity index (χ2v) is 8.50. The first kappa shape index (κ1) is 22.9. The van der Waals surface area contributed by atoms with Gasteiger partial charge in [-0.15, -0.1) is 0 Å². The van der Waals surface area contributed by atoms with E-state index in [9.17, 15) is 13.2 Å². The predicted molar refractivity (Wildman–Crippen MR) is 128 cm³/mol. The van der Waals surface area contributed by atoms with Crippen LogP contribution in [0.5, 0.6) is 5.75 Å². The quantitative estimate of drug-likeness (QED) is 0.343. The maximum Gasteiger partial charge on any atom is 0.201 e. The molecule has 1 nitrogen and oxygen atoms in total. The normalized spacial score (nSPS) is 16.2. The van der Waals surface area contributed by atoms with Crippen molar-refractivity contribution in [1.29, 1.82) is 0 Å². The van der Waals surface area contributed by atoms with Gasteiger partial charge in [0.05, 0.1) is 0 Å². The van der Waals surface area contributed by atoms with Crippen molar-refractivity contribution in [3.63, 3.8) is 0 Å². The lowest BCUT2D eigenvalue weighted by Gasteiger charge is -2.19. The van der Waals surface area contributed by atoms with E-state index >= 15 is 0 Å². The zero-order valence-corrected chi connectivity index (χ0v) is 18.9. The molecule has 0 radical (unpaired) electrons. The molecule has 1 atom stereocenters. The Morgan fingerprint density at radius 3 is 2.18 bits per heavy atom. The highest BCUT2D eigenvalue weighted by Gasteiger charge is 2.17. The van der Waals surface area contributed by atoms with Gasteiger partial charge in [-0.05, 0) is 72.6 Å². The molecule has 33 heavy (non-hydrogen) atoms. The summed E-state index contributed by atoms with van der Waals surface area (Å²) in [4.78, 5) is 0. The van der Waals surface area contributed by atoms with E-state index in [1.807, 2.05) is 13.0 Å². The largest absolute Gasteiger partial charge is 0.486 e. The summed E-state index contributed by atoms with van der Waals surface area (Å²) < 4.78 is 49.2. The van der Waals surface area contributed by atoms with Gasteiger partial charge in [-0.2, -0.15) is 4.39 Å². The second-order valence-electron chi connectivity index (χ2n) is 8.50. The number of ether oxygens (including phenoxy) is 1. The molecule has 4 rings (SSSR count). The van der Waals surface area contributed by atoms with E-state index in [1.54, 1.807) is 48.6 Å². The Hall–Kier alpha value is -3.27. The van der Waals surface area contributed by atoms with E-state index in [1.165, 1.54) is 17.7 Å². The van der Waals surface area contributed by atoms with E-state index in [2.05, 4.69) is 13.0 Å². The number of allylic oxidation sites excluding steroid dienone is 3. The smallest absolute Gasteiger partial charge is 0.201 e. The van der Waals surface area contributed by atoms with Crippen LogP contribution >= 0.6 is 0 Å². The first-order chi connectivity index (χ1) is 16.0. The standard InChI is InChI=1S/C29H27F3O/c1-3-4-17-33-27-16-15-25(28(31)29(27)32)22-11-9-21(10-12-22)24-14-13-23(18-26(24)30)20-7-5-19(2)6-8-20/h3-4,7,9-16,18-19H,5-6,8,17H2,1-2H3/b4-3+. The van der Waals surface area contributed by atoms with Gasteiger partial charge in [0, 0.05) is 11.1 Å². The Balaban J connectivity index is 1.56. The van der Waals surface area contributed by atoms with Crippen LogP contribution < -0.4 is 4.74 Å². The Morgan fingerprint density at radius 2 is 1.55 bits per heavy atom. The zero-order chi connectivity index (χ0) is 23.4. The maximum absolute atomic E-state index is 14.9. The third-order valence-electron chi connectivity index (χ3n) is 6.14. The van der Waals surface area contributed by atoms with Gasteiger partial charge in [0.25, 0.3) is 0 Å². The summed E-state index contributed by atoms with van der Waals surface area (Å²) in [5.41, 5.74) is 3.93. The molecule has 3 aromatic rings. The van der Waals surface area contributed by atoms with Crippen LogP contribution in [-0.2, 0) is 0 Å². The third-order valence-corrected chi connectivity index (χ3v) is 6.14. The lowest BCUT2D eigenvalue weighted by Crippen LogP contribution is -2.01. The molecule has 0 saturated carbocycles. The Labute approximate surface area is 193 Å². The molecule has 0 N–H and O–H groups in total. The topological polar surface area (TPSA) is 9.23 Å². The molecule has 0 heterocycles. The zero-order valence-electron chi connectivity index (χ0n) is 18.9. The molecule has 4 heteroatoms. The molecular weight excluding hydrogens is 421 g/mol. The molecule has 0 aliphatic heterocycles. The first-order valence-electron chi connectivity index (χ1n) is 11.3. The lowest BCUT2D eigenvalue weighted by molar-refractivity contribution is 0.332. The fourth-order valence-electron chi connectivity index (χ4n) is 4.11. The molecule has 1 aliphatic carbocycles. The van der Waals surface area contributed by atoms with E-state index in [0.717, 1.165) is 24.8 Å². The number of rotatable bonds is 6. The molecule has 0 spiro atoms. The highest BCUT2D eigenvalue weighted by atomic mass is 19.2. The number of hydrogen-bond donors (Lipinski definition) is 0. The molecule has 0 saturated heterocycles. The minimum atomic E-state index is -1.02. The van der Waals surface area contributed by atoms with Crippen LogP contribution in [0.4, 0.5) is 13.2 Å². The van der Waals surface area contributed by atoms with Crippen LogP contribution in [-0.4, -0.2) is 6.61 Å². The van der Waals surface area contributed by atoms with Crippen molar-refractivity contribution in [1.82, 2.24) is 0 Å². The molecule has 170 valence electrons. The summed E-state index contributed by atoms with van der Waals surface area (Å²) >= 11 is 0. The number of hydrogen-bond acceptors (Lipinski definition) is 1. The lowest BCUT2D eigenvalue weighted by atomic mass is 9.87. The Morgan fingerprint density at radius 1 is 0.879 bits per heavy atom. The van der Waals surface area contributed by atoms with Gasteiger partial charge in [0.15, 0.2) is 11.6 Å². The van der Waals surface area contributed by atoms with Crippen LogP contribution in [0, 0.1) is 23.4 Å².